The minimum atomic E-state index is -0.0778. The molecule has 3 rings (SSSR count). The van der Waals surface area contributed by atoms with Gasteiger partial charge in [0.25, 0.3) is 0 Å². The summed E-state index contributed by atoms with van der Waals surface area (Å²) in [6.45, 7) is 2.47. The standard InChI is InChI=1S/C17H17N3O2/c1-2-22-16-6-4-3-5-14(16)20-17(21)10-12-7-8-13-15(9-12)19-11-18-13/h3-9,11H,2,10H2,1H3,(H,18,19)(H,20,21). The zero-order valence-corrected chi connectivity index (χ0v) is 12.3. The van der Waals surface area contributed by atoms with Crippen LogP contribution in [0.4, 0.5) is 5.69 Å². The minimum Gasteiger partial charge on any atom is -0.492 e. The van der Waals surface area contributed by atoms with Crippen molar-refractivity contribution in [2.45, 2.75) is 13.3 Å². The van der Waals surface area contributed by atoms with Gasteiger partial charge in [-0.1, -0.05) is 18.2 Å². The summed E-state index contributed by atoms with van der Waals surface area (Å²) in [5, 5.41) is 2.90. The molecule has 0 bridgehead atoms. The summed E-state index contributed by atoms with van der Waals surface area (Å²) in [7, 11) is 0. The van der Waals surface area contributed by atoms with Gasteiger partial charge in [-0.25, -0.2) is 4.98 Å². The third-order valence-corrected chi connectivity index (χ3v) is 3.31. The van der Waals surface area contributed by atoms with Crippen LogP contribution in [0.25, 0.3) is 11.0 Å². The summed E-state index contributed by atoms with van der Waals surface area (Å²) in [4.78, 5) is 19.4. The highest BCUT2D eigenvalue weighted by atomic mass is 16.5. The van der Waals surface area contributed by atoms with E-state index in [4.69, 9.17) is 4.74 Å². The topological polar surface area (TPSA) is 67.0 Å². The summed E-state index contributed by atoms with van der Waals surface area (Å²) in [6.07, 6.45) is 1.95. The second kappa shape index (κ2) is 6.30. The van der Waals surface area contributed by atoms with E-state index in [1.54, 1.807) is 6.33 Å². The number of nitrogens with one attached hydrogen (secondary N) is 2. The van der Waals surface area contributed by atoms with Crippen molar-refractivity contribution in [1.82, 2.24) is 9.97 Å². The number of para-hydroxylation sites is 2. The van der Waals surface area contributed by atoms with Crippen LogP contribution >= 0.6 is 0 Å². The molecule has 1 amide bonds. The molecule has 0 fully saturated rings. The number of ether oxygens (including phenoxy) is 1. The Labute approximate surface area is 128 Å². The molecule has 0 atom stereocenters. The van der Waals surface area contributed by atoms with Gasteiger partial charge < -0.3 is 15.0 Å². The second-order valence-electron chi connectivity index (χ2n) is 4.91. The molecule has 22 heavy (non-hydrogen) atoms. The van der Waals surface area contributed by atoms with Gasteiger partial charge in [0.05, 0.1) is 36.1 Å². The second-order valence-corrected chi connectivity index (χ2v) is 4.91. The van der Waals surface area contributed by atoms with Crippen LogP contribution in [-0.4, -0.2) is 22.5 Å². The van der Waals surface area contributed by atoms with Gasteiger partial charge in [-0.05, 0) is 36.8 Å². The lowest BCUT2D eigenvalue weighted by molar-refractivity contribution is -0.115. The maximum atomic E-state index is 12.2. The van der Waals surface area contributed by atoms with Crippen molar-refractivity contribution < 1.29 is 9.53 Å². The highest BCUT2D eigenvalue weighted by Crippen LogP contribution is 2.24. The zero-order chi connectivity index (χ0) is 15.4. The fraction of sp³-hybridized carbons (Fsp3) is 0.176. The number of benzene rings is 2. The normalized spacial score (nSPS) is 10.6. The Hall–Kier alpha value is -2.82. The van der Waals surface area contributed by atoms with Gasteiger partial charge in [-0.15, -0.1) is 0 Å². The molecule has 0 aliphatic rings. The first-order chi connectivity index (χ1) is 10.8. The van der Waals surface area contributed by atoms with E-state index in [0.29, 0.717) is 24.5 Å². The average molecular weight is 295 g/mol. The number of hydrogen-bond acceptors (Lipinski definition) is 3. The maximum absolute atomic E-state index is 12.2. The molecule has 5 nitrogen and oxygen atoms in total. The first-order valence-corrected chi connectivity index (χ1v) is 7.20. The summed E-state index contributed by atoms with van der Waals surface area (Å²) in [5.74, 6) is 0.605. The predicted octanol–water partition coefficient (Wildman–Crippen LogP) is 3.14. The van der Waals surface area contributed by atoms with E-state index in [-0.39, 0.29) is 5.91 Å². The van der Waals surface area contributed by atoms with Crippen LogP contribution in [0.3, 0.4) is 0 Å². The van der Waals surface area contributed by atoms with E-state index in [1.807, 2.05) is 49.4 Å². The molecule has 0 aliphatic heterocycles. The number of anilines is 1. The lowest BCUT2D eigenvalue weighted by Gasteiger charge is -2.11. The van der Waals surface area contributed by atoms with Gasteiger partial charge in [0, 0.05) is 0 Å². The Morgan fingerprint density at radius 3 is 3.00 bits per heavy atom. The summed E-state index contributed by atoms with van der Waals surface area (Å²) < 4.78 is 5.51. The number of imidazole rings is 1. The maximum Gasteiger partial charge on any atom is 0.228 e. The first kappa shape index (κ1) is 14.1. The Kier molecular flexibility index (Phi) is 4.05. The molecule has 0 radical (unpaired) electrons. The number of aromatic nitrogens is 2. The van der Waals surface area contributed by atoms with Gasteiger partial charge >= 0.3 is 0 Å². The molecule has 5 heteroatoms. The molecule has 2 N–H and O–H groups in total. The number of fused-ring (bicyclic) bond motifs is 1. The molecular weight excluding hydrogens is 278 g/mol. The molecule has 1 heterocycles. The number of carbonyl (C=O) groups excluding carboxylic acids is 1. The SMILES string of the molecule is CCOc1ccccc1NC(=O)Cc1ccc2nc[nH]c2c1. The van der Waals surface area contributed by atoms with Crippen LogP contribution in [-0.2, 0) is 11.2 Å². The van der Waals surface area contributed by atoms with Gasteiger partial charge in [0.1, 0.15) is 5.75 Å². The van der Waals surface area contributed by atoms with Crippen LogP contribution in [0.5, 0.6) is 5.75 Å². The highest BCUT2D eigenvalue weighted by molar-refractivity contribution is 5.94. The average Bonchev–Trinajstić information content (AvgIpc) is 2.97. The molecule has 2 aromatic carbocycles. The monoisotopic (exact) mass is 295 g/mol. The fourth-order valence-electron chi connectivity index (χ4n) is 2.32. The molecule has 112 valence electrons. The summed E-state index contributed by atoms with van der Waals surface area (Å²) >= 11 is 0. The van der Waals surface area contributed by atoms with Crippen molar-refractivity contribution in [3.8, 4) is 5.75 Å². The first-order valence-electron chi connectivity index (χ1n) is 7.20. The van der Waals surface area contributed by atoms with Crippen molar-refractivity contribution in [3.05, 3.63) is 54.4 Å². The number of rotatable bonds is 5. The highest BCUT2D eigenvalue weighted by Gasteiger charge is 2.09. The van der Waals surface area contributed by atoms with Crippen molar-refractivity contribution in [2.24, 2.45) is 0 Å². The number of amides is 1. The molecule has 0 saturated heterocycles. The predicted molar refractivity (Wildman–Crippen MR) is 86.0 cm³/mol. The number of aromatic amines is 1. The van der Waals surface area contributed by atoms with E-state index < -0.39 is 0 Å². The van der Waals surface area contributed by atoms with Crippen LogP contribution in [0.1, 0.15) is 12.5 Å². The molecule has 0 saturated carbocycles. The van der Waals surface area contributed by atoms with E-state index in [2.05, 4.69) is 15.3 Å². The summed E-state index contributed by atoms with van der Waals surface area (Å²) in [6, 6.07) is 13.2. The third-order valence-electron chi connectivity index (χ3n) is 3.31. The van der Waals surface area contributed by atoms with Gasteiger partial charge in [0.2, 0.25) is 5.91 Å². The minimum absolute atomic E-state index is 0.0778. The molecule has 3 aromatic rings. The van der Waals surface area contributed by atoms with Crippen LogP contribution in [0.2, 0.25) is 0 Å². The van der Waals surface area contributed by atoms with Crippen molar-refractivity contribution in [3.63, 3.8) is 0 Å². The lowest BCUT2D eigenvalue weighted by atomic mass is 10.1. The Bertz CT molecular complexity index is 795. The zero-order valence-electron chi connectivity index (χ0n) is 12.3. The Balaban J connectivity index is 1.72. The van der Waals surface area contributed by atoms with Crippen molar-refractivity contribution in [2.75, 3.05) is 11.9 Å². The smallest absolute Gasteiger partial charge is 0.228 e. The van der Waals surface area contributed by atoms with E-state index in [1.165, 1.54) is 0 Å². The number of hydrogen-bond donors (Lipinski definition) is 2. The van der Waals surface area contributed by atoms with E-state index in [9.17, 15) is 4.79 Å². The molecule has 0 unspecified atom stereocenters. The van der Waals surface area contributed by atoms with E-state index >= 15 is 0 Å². The van der Waals surface area contributed by atoms with Crippen LogP contribution in [0, 0.1) is 0 Å². The lowest BCUT2D eigenvalue weighted by Crippen LogP contribution is -2.15. The fourth-order valence-corrected chi connectivity index (χ4v) is 2.32. The number of nitrogens with zero attached hydrogens (tertiary/aromatic N) is 1. The quantitative estimate of drug-likeness (QED) is 0.760. The van der Waals surface area contributed by atoms with Crippen molar-refractivity contribution in [1.29, 1.82) is 0 Å². The van der Waals surface area contributed by atoms with Gasteiger partial charge in [-0.2, -0.15) is 0 Å². The van der Waals surface area contributed by atoms with Gasteiger partial charge in [-0.3, -0.25) is 4.79 Å². The largest absolute Gasteiger partial charge is 0.492 e. The third kappa shape index (κ3) is 3.09. The van der Waals surface area contributed by atoms with Gasteiger partial charge in [0.15, 0.2) is 0 Å². The summed E-state index contributed by atoms with van der Waals surface area (Å²) in [5.41, 5.74) is 3.45. The Morgan fingerprint density at radius 1 is 1.27 bits per heavy atom. The van der Waals surface area contributed by atoms with Crippen LogP contribution < -0.4 is 10.1 Å². The number of H-pyrrole nitrogens is 1. The molecule has 0 spiro atoms. The Morgan fingerprint density at radius 2 is 2.14 bits per heavy atom. The molecule has 0 aliphatic carbocycles. The molecular formula is C17H17N3O2. The van der Waals surface area contributed by atoms with Crippen molar-refractivity contribution >= 4 is 22.6 Å². The van der Waals surface area contributed by atoms with E-state index in [0.717, 1.165) is 16.6 Å². The number of carbonyl (C=O) groups is 1. The molecule has 1 aromatic heterocycles. The van der Waals surface area contributed by atoms with Crippen LogP contribution in [0.15, 0.2) is 48.8 Å².